The van der Waals surface area contributed by atoms with Crippen molar-refractivity contribution in [3.8, 4) is 0 Å². The number of hydrogen-bond donors (Lipinski definition) is 1. The summed E-state index contributed by atoms with van der Waals surface area (Å²) < 4.78 is 3.34. The lowest BCUT2D eigenvalue weighted by atomic mass is 9.71. The molecule has 2 atom stereocenters. The summed E-state index contributed by atoms with van der Waals surface area (Å²) in [5, 5.41) is 31.6. The molecule has 3 aliphatic rings. The highest BCUT2D eigenvalue weighted by molar-refractivity contribution is 5.77. The lowest BCUT2D eigenvalue weighted by Crippen LogP contribution is -2.50. The molecule has 0 radical (unpaired) electrons. The van der Waals surface area contributed by atoms with Crippen molar-refractivity contribution < 1.29 is 10.0 Å². The molecule has 1 saturated carbocycles. The minimum atomic E-state index is -0.475. The Morgan fingerprint density at radius 3 is 2.75 bits per heavy atom. The van der Waals surface area contributed by atoms with Crippen molar-refractivity contribution in [2.75, 3.05) is 18.3 Å². The first-order valence-corrected chi connectivity index (χ1v) is 11.3. The van der Waals surface area contributed by atoms with Gasteiger partial charge in [0.15, 0.2) is 0 Å². The van der Waals surface area contributed by atoms with Crippen LogP contribution in [0.4, 0.5) is 5.69 Å². The average molecular weight is 443 g/mol. The molecule has 2 aromatic rings. The molecule has 1 N–H and O–H groups in total. The van der Waals surface area contributed by atoms with E-state index in [2.05, 4.69) is 15.5 Å². The first-order chi connectivity index (χ1) is 15.4. The van der Waals surface area contributed by atoms with E-state index >= 15 is 0 Å². The quantitative estimate of drug-likeness (QED) is 0.689. The maximum atomic E-state index is 13.5. The molecule has 0 spiro atoms. The van der Waals surface area contributed by atoms with Crippen LogP contribution in [0.5, 0.6) is 0 Å². The van der Waals surface area contributed by atoms with Gasteiger partial charge in [0, 0.05) is 37.7 Å². The molecule has 5 rings (SSSR count). The van der Waals surface area contributed by atoms with Crippen LogP contribution in [0.1, 0.15) is 56.6 Å². The molecule has 1 amide bonds. The van der Waals surface area contributed by atoms with Crippen molar-refractivity contribution in [2.45, 2.75) is 64.0 Å². The Hall–Kier alpha value is -2.79. The molecule has 11 heteroatoms. The van der Waals surface area contributed by atoms with E-state index in [1.807, 2.05) is 4.90 Å². The van der Waals surface area contributed by atoms with E-state index in [4.69, 9.17) is 0 Å². The molecule has 32 heavy (non-hydrogen) atoms. The number of hydrogen-bond acceptors (Lipinski definition) is 8. The van der Waals surface area contributed by atoms with E-state index in [9.17, 15) is 20.0 Å². The second-order valence-electron chi connectivity index (χ2n) is 9.67. The minimum Gasteiger partial charge on any atom is -0.733 e. The summed E-state index contributed by atoms with van der Waals surface area (Å²) in [7, 11) is 0. The van der Waals surface area contributed by atoms with Crippen molar-refractivity contribution in [3.05, 3.63) is 39.7 Å². The molecule has 0 aromatic carbocycles. The zero-order chi connectivity index (χ0) is 22.3. The molecule has 1 saturated heterocycles. The van der Waals surface area contributed by atoms with Gasteiger partial charge in [0.05, 0.1) is 6.54 Å². The summed E-state index contributed by atoms with van der Waals surface area (Å²) in [5.41, 5.74) is -0.0456. The number of tetrazole rings is 1. The Labute approximate surface area is 185 Å². The van der Waals surface area contributed by atoms with Gasteiger partial charge in [-0.1, -0.05) is 19.3 Å². The van der Waals surface area contributed by atoms with E-state index in [1.54, 1.807) is 21.6 Å². The van der Waals surface area contributed by atoms with Gasteiger partial charge < -0.3 is 19.9 Å². The van der Waals surface area contributed by atoms with Crippen molar-refractivity contribution in [2.24, 2.45) is 11.3 Å². The number of carbonyl (C=O) groups excluding carboxylic acids is 1. The van der Waals surface area contributed by atoms with E-state index in [-0.39, 0.29) is 34.1 Å². The van der Waals surface area contributed by atoms with Crippen LogP contribution in [-0.2, 0) is 17.9 Å². The number of anilines is 1. The lowest BCUT2D eigenvalue weighted by molar-refractivity contribution is -0.137. The third kappa shape index (κ3) is 3.90. The normalized spacial score (nSPS) is 24.1. The zero-order valence-electron chi connectivity index (χ0n) is 18.0. The van der Waals surface area contributed by atoms with Gasteiger partial charge in [-0.15, -0.1) is 5.10 Å². The largest absolute Gasteiger partial charge is 0.733 e. The number of aromatic nitrogens is 5. The maximum Gasteiger partial charge on any atom is 0.275 e. The number of nitrogens with zero attached hydrogens (tertiary/aromatic N) is 7. The highest BCUT2D eigenvalue weighted by atomic mass is 16.8. The van der Waals surface area contributed by atoms with Crippen LogP contribution < -0.4 is 10.8 Å². The fourth-order valence-corrected chi connectivity index (χ4v) is 6.01. The van der Waals surface area contributed by atoms with Gasteiger partial charge in [-0.2, -0.15) is 0 Å². The van der Waals surface area contributed by atoms with Gasteiger partial charge in [-0.25, -0.2) is 4.68 Å². The highest BCUT2D eigenvalue weighted by Gasteiger charge is 2.40. The Morgan fingerprint density at radius 1 is 1.22 bits per heavy atom. The van der Waals surface area contributed by atoms with Crippen molar-refractivity contribution in [1.29, 1.82) is 0 Å². The van der Waals surface area contributed by atoms with E-state index in [0.717, 1.165) is 37.8 Å². The zero-order valence-corrected chi connectivity index (χ0v) is 18.0. The maximum absolute atomic E-state index is 13.5. The molecule has 1 aliphatic carbocycles. The number of pyridine rings is 1. The summed E-state index contributed by atoms with van der Waals surface area (Å²) in [6.07, 6.45) is 8.42. The SMILES string of the molecule is O=C(CC1(Cn2cnnn2)CCCCC1)N1CC2CC(C1)c1ccc(N([O-])O)c(=O)n1C2. The fourth-order valence-electron chi connectivity index (χ4n) is 6.01. The molecule has 172 valence electrons. The minimum absolute atomic E-state index is 0.0498. The predicted octanol–water partition coefficient (Wildman–Crippen LogP) is 1.51. The van der Waals surface area contributed by atoms with Crippen LogP contribution in [0.25, 0.3) is 0 Å². The summed E-state index contributed by atoms with van der Waals surface area (Å²) in [6.45, 7) is 2.27. The van der Waals surface area contributed by atoms with Gasteiger partial charge in [-0.05, 0) is 53.2 Å². The summed E-state index contributed by atoms with van der Waals surface area (Å²) >= 11 is 0. The second kappa shape index (κ2) is 8.28. The molecule has 2 fully saturated rings. The number of likely N-dealkylation sites (tertiary alicyclic amines) is 1. The van der Waals surface area contributed by atoms with Crippen LogP contribution in [0.15, 0.2) is 23.3 Å². The predicted molar refractivity (Wildman–Crippen MR) is 114 cm³/mol. The Balaban J connectivity index is 1.34. The molecular formula is C21H28N7O4-. The second-order valence-corrected chi connectivity index (χ2v) is 9.67. The van der Waals surface area contributed by atoms with Crippen LogP contribution in [0.2, 0.25) is 0 Å². The molecule has 2 aliphatic heterocycles. The molecular weight excluding hydrogens is 414 g/mol. The lowest BCUT2D eigenvalue weighted by Gasteiger charge is -2.44. The number of rotatable bonds is 5. The van der Waals surface area contributed by atoms with Crippen molar-refractivity contribution in [1.82, 2.24) is 29.7 Å². The van der Waals surface area contributed by atoms with Crippen molar-refractivity contribution >= 4 is 11.6 Å². The number of piperidine rings is 1. The number of carbonyl (C=O) groups is 1. The summed E-state index contributed by atoms with van der Waals surface area (Å²) in [4.78, 5) is 28.0. The molecule has 2 unspecified atom stereocenters. The van der Waals surface area contributed by atoms with Gasteiger partial charge in [0.25, 0.3) is 5.56 Å². The average Bonchev–Trinajstić information content (AvgIpc) is 3.27. The third-order valence-electron chi connectivity index (χ3n) is 7.47. The molecule has 4 heterocycles. The van der Waals surface area contributed by atoms with Gasteiger partial charge in [0.1, 0.15) is 12.0 Å². The summed E-state index contributed by atoms with van der Waals surface area (Å²) in [6, 6.07) is 3.10. The van der Waals surface area contributed by atoms with Crippen LogP contribution in [0.3, 0.4) is 0 Å². The number of fused-ring (bicyclic) bond motifs is 4. The van der Waals surface area contributed by atoms with Crippen LogP contribution in [-0.4, -0.2) is 53.9 Å². The van der Waals surface area contributed by atoms with Crippen LogP contribution >= 0.6 is 0 Å². The van der Waals surface area contributed by atoms with E-state index < -0.39 is 5.56 Å². The van der Waals surface area contributed by atoms with Gasteiger partial charge in [-0.3, -0.25) is 14.8 Å². The molecule has 2 aromatic heterocycles. The smallest absolute Gasteiger partial charge is 0.275 e. The monoisotopic (exact) mass is 442 g/mol. The topological polar surface area (TPSA) is 132 Å². The molecule has 11 nitrogen and oxygen atoms in total. The Bertz CT molecular complexity index is 1030. The first kappa shape index (κ1) is 21.1. The fraction of sp³-hybridized carbons (Fsp3) is 0.667. The molecule has 2 bridgehead atoms. The van der Waals surface area contributed by atoms with Gasteiger partial charge in [0.2, 0.25) is 5.91 Å². The Kier molecular flexibility index (Phi) is 5.46. The standard InChI is InChI=1S/C21H28N7O4/c29-19(9-21(6-2-1-3-7-21)13-26-14-22-23-24-26)25-10-15-8-16(12-25)17-4-5-18(28(31)32)20(30)27(17)11-15/h4-5,14-16,31H,1-3,6-13H2/q-1. The Morgan fingerprint density at radius 2 is 2.03 bits per heavy atom. The van der Waals surface area contributed by atoms with Crippen LogP contribution in [0, 0.1) is 16.5 Å². The first-order valence-electron chi connectivity index (χ1n) is 11.3. The van der Waals surface area contributed by atoms with E-state index in [0.29, 0.717) is 32.6 Å². The summed E-state index contributed by atoms with van der Waals surface area (Å²) in [5.74, 6) is 0.357. The van der Waals surface area contributed by atoms with Crippen molar-refractivity contribution in [3.63, 3.8) is 0 Å². The number of amides is 1. The van der Waals surface area contributed by atoms with E-state index in [1.165, 1.54) is 12.5 Å². The van der Waals surface area contributed by atoms with Gasteiger partial charge >= 0.3 is 0 Å². The highest BCUT2D eigenvalue weighted by Crippen LogP contribution is 2.42. The third-order valence-corrected chi connectivity index (χ3v) is 7.47.